The Labute approximate surface area is 123 Å². The number of pyridine rings is 1. The molecule has 2 atom stereocenters. The fraction of sp³-hybridized carbons (Fsp3) is 0.375. The average molecular weight is 283 g/mol. The fourth-order valence-corrected chi connectivity index (χ4v) is 4.11. The van der Waals surface area contributed by atoms with Crippen LogP contribution in [0, 0.1) is 11.3 Å². The van der Waals surface area contributed by atoms with E-state index in [1.54, 1.807) is 0 Å². The summed E-state index contributed by atoms with van der Waals surface area (Å²) in [5.74, 6) is 0.930. The largest absolute Gasteiger partial charge is 0.354 e. The Hall–Kier alpha value is -1.73. The fourth-order valence-electron chi connectivity index (χ4n) is 2.78. The first-order valence-electron chi connectivity index (χ1n) is 6.87. The van der Waals surface area contributed by atoms with Crippen molar-refractivity contribution in [2.24, 2.45) is 0 Å². The second-order valence-corrected chi connectivity index (χ2v) is 7.20. The lowest BCUT2D eigenvalue weighted by atomic mass is 10.1. The second-order valence-electron chi connectivity index (χ2n) is 5.32. The van der Waals surface area contributed by atoms with E-state index in [1.807, 2.05) is 42.1 Å². The number of thioether (sulfide) groups is 1. The molecule has 0 radical (unpaired) electrons. The molecule has 1 saturated heterocycles. The third-order valence-corrected chi connectivity index (χ3v) is 4.79. The van der Waals surface area contributed by atoms with E-state index >= 15 is 0 Å². The Balaban J connectivity index is 2.06. The van der Waals surface area contributed by atoms with Gasteiger partial charge in [-0.1, -0.05) is 32.0 Å². The molecule has 1 aromatic heterocycles. The molecule has 0 saturated carbocycles. The Bertz CT molecular complexity index is 667. The van der Waals surface area contributed by atoms with Gasteiger partial charge in [0.15, 0.2) is 0 Å². The van der Waals surface area contributed by atoms with Crippen molar-refractivity contribution in [1.29, 1.82) is 5.26 Å². The van der Waals surface area contributed by atoms with Crippen LogP contribution in [0.25, 0.3) is 10.9 Å². The van der Waals surface area contributed by atoms with Crippen LogP contribution in [0.1, 0.15) is 19.4 Å². The van der Waals surface area contributed by atoms with Crippen molar-refractivity contribution in [3.8, 4) is 6.07 Å². The van der Waals surface area contributed by atoms with Gasteiger partial charge in [-0.2, -0.15) is 17.0 Å². The van der Waals surface area contributed by atoms with Crippen molar-refractivity contribution in [2.75, 3.05) is 18.0 Å². The van der Waals surface area contributed by atoms with Gasteiger partial charge in [0, 0.05) is 29.0 Å². The third-order valence-electron chi connectivity index (χ3n) is 3.57. The predicted molar refractivity (Wildman–Crippen MR) is 85.2 cm³/mol. The normalized spacial score (nSPS) is 22.8. The first kappa shape index (κ1) is 13.3. The maximum Gasteiger partial charge on any atom is 0.130 e. The Morgan fingerprint density at radius 3 is 2.65 bits per heavy atom. The maximum absolute atomic E-state index is 9.36. The summed E-state index contributed by atoms with van der Waals surface area (Å²) in [6, 6.07) is 12.1. The van der Waals surface area contributed by atoms with Gasteiger partial charge in [-0.25, -0.2) is 4.98 Å². The zero-order chi connectivity index (χ0) is 14.1. The van der Waals surface area contributed by atoms with Crippen molar-refractivity contribution < 1.29 is 0 Å². The van der Waals surface area contributed by atoms with Gasteiger partial charge in [0.25, 0.3) is 0 Å². The number of aromatic nitrogens is 1. The topological polar surface area (TPSA) is 39.9 Å². The average Bonchev–Trinajstić information content (AvgIpc) is 2.45. The van der Waals surface area contributed by atoms with Crippen LogP contribution in [-0.4, -0.2) is 28.6 Å². The van der Waals surface area contributed by atoms with Crippen LogP contribution < -0.4 is 4.90 Å². The first-order valence-corrected chi connectivity index (χ1v) is 7.82. The summed E-state index contributed by atoms with van der Waals surface area (Å²) in [4.78, 5) is 7.05. The predicted octanol–water partition coefficient (Wildman–Crippen LogP) is 3.44. The third kappa shape index (κ3) is 2.46. The standard InChI is InChI=1S/C16H17N3S/c1-11-9-19(10-12(2)20-11)16-7-13(8-17)14-5-3-4-6-15(14)18-16/h3-7,11-12H,9-10H2,1-2H3. The summed E-state index contributed by atoms with van der Waals surface area (Å²) in [5.41, 5.74) is 1.62. The molecule has 0 spiro atoms. The summed E-state index contributed by atoms with van der Waals surface area (Å²) in [6.07, 6.45) is 0. The monoisotopic (exact) mass is 283 g/mol. The zero-order valence-corrected chi connectivity index (χ0v) is 12.5. The number of anilines is 1. The Morgan fingerprint density at radius 2 is 1.95 bits per heavy atom. The molecule has 1 aliphatic heterocycles. The number of benzene rings is 1. The number of fused-ring (bicyclic) bond motifs is 1. The minimum absolute atomic E-state index is 0.595. The van der Waals surface area contributed by atoms with Gasteiger partial charge in [0.05, 0.1) is 17.1 Å². The number of rotatable bonds is 1. The number of nitriles is 1. The minimum atomic E-state index is 0.595. The molecule has 1 fully saturated rings. The van der Waals surface area contributed by atoms with Crippen LogP contribution in [0.5, 0.6) is 0 Å². The molecule has 102 valence electrons. The molecule has 20 heavy (non-hydrogen) atoms. The van der Waals surface area contributed by atoms with E-state index in [4.69, 9.17) is 4.98 Å². The molecule has 1 aromatic carbocycles. The van der Waals surface area contributed by atoms with E-state index in [2.05, 4.69) is 24.8 Å². The number of para-hydroxylation sites is 1. The molecule has 0 aliphatic carbocycles. The Kier molecular flexibility index (Phi) is 3.54. The summed E-state index contributed by atoms with van der Waals surface area (Å²) < 4.78 is 0. The highest BCUT2D eigenvalue weighted by Gasteiger charge is 2.23. The van der Waals surface area contributed by atoms with Crippen LogP contribution in [0.3, 0.4) is 0 Å². The quantitative estimate of drug-likeness (QED) is 0.804. The second kappa shape index (κ2) is 5.34. The van der Waals surface area contributed by atoms with Crippen LogP contribution in [0.4, 0.5) is 5.82 Å². The smallest absolute Gasteiger partial charge is 0.130 e. The lowest BCUT2D eigenvalue weighted by molar-refractivity contribution is 0.720. The molecular weight excluding hydrogens is 266 g/mol. The van der Waals surface area contributed by atoms with Crippen LogP contribution in [0.15, 0.2) is 30.3 Å². The van der Waals surface area contributed by atoms with Crippen LogP contribution in [0.2, 0.25) is 0 Å². The van der Waals surface area contributed by atoms with Gasteiger partial charge in [0.1, 0.15) is 5.82 Å². The van der Waals surface area contributed by atoms with Crippen molar-refractivity contribution in [2.45, 2.75) is 24.3 Å². The summed E-state index contributed by atoms with van der Waals surface area (Å²) in [7, 11) is 0. The van der Waals surface area contributed by atoms with Crippen molar-refractivity contribution >= 4 is 28.5 Å². The van der Waals surface area contributed by atoms with Gasteiger partial charge in [-0.05, 0) is 12.1 Å². The Morgan fingerprint density at radius 1 is 1.25 bits per heavy atom. The molecule has 2 heterocycles. The van der Waals surface area contributed by atoms with E-state index < -0.39 is 0 Å². The lowest BCUT2D eigenvalue weighted by Crippen LogP contribution is -2.40. The van der Waals surface area contributed by atoms with Gasteiger partial charge in [-0.3, -0.25) is 0 Å². The molecule has 0 amide bonds. The highest BCUT2D eigenvalue weighted by molar-refractivity contribution is 8.00. The van der Waals surface area contributed by atoms with Crippen molar-refractivity contribution in [3.05, 3.63) is 35.9 Å². The number of nitrogens with zero attached hydrogens (tertiary/aromatic N) is 3. The molecule has 4 heteroatoms. The molecule has 1 aliphatic rings. The highest BCUT2D eigenvalue weighted by Crippen LogP contribution is 2.29. The van der Waals surface area contributed by atoms with Gasteiger partial charge in [0.2, 0.25) is 0 Å². The van der Waals surface area contributed by atoms with Crippen molar-refractivity contribution in [3.63, 3.8) is 0 Å². The minimum Gasteiger partial charge on any atom is -0.354 e. The summed E-state index contributed by atoms with van der Waals surface area (Å²) in [6.45, 7) is 6.48. The molecular formula is C16H17N3S. The molecule has 0 N–H and O–H groups in total. The SMILES string of the molecule is CC1CN(c2cc(C#N)c3ccccc3n2)CC(C)S1. The van der Waals surface area contributed by atoms with E-state index in [-0.39, 0.29) is 0 Å². The van der Waals surface area contributed by atoms with Crippen molar-refractivity contribution in [1.82, 2.24) is 4.98 Å². The summed E-state index contributed by atoms with van der Waals surface area (Å²) in [5, 5.41) is 11.5. The van der Waals surface area contributed by atoms with Gasteiger partial charge < -0.3 is 4.90 Å². The molecule has 0 bridgehead atoms. The van der Waals surface area contributed by atoms with E-state index in [0.29, 0.717) is 16.1 Å². The van der Waals surface area contributed by atoms with Gasteiger partial charge >= 0.3 is 0 Å². The van der Waals surface area contributed by atoms with E-state index in [0.717, 1.165) is 29.8 Å². The van der Waals surface area contributed by atoms with E-state index in [9.17, 15) is 5.26 Å². The highest BCUT2D eigenvalue weighted by atomic mass is 32.2. The van der Waals surface area contributed by atoms with Crippen LogP contribution >= 0.6 is 11.8 Å². The number of hydrogen-bond donors (Lipinski definition) is 0. The number of hydrogen-bond acceptors (Lipinski definition) is 4. The summed E-state index contributed by atoms with van der Waals surface area (Å²) >= 11 is 2.02. The van der Waals surface area contributed by atoms with Gasteiger partial charge in [-0.15, -0.1) is 0 Å². The lowest BCUT2D eigenvalue weighted by Gasteiger charge is -2.35. The maximum atomic E-state index is 9.36. The molecule has 3 nitrogen and oxygen atoms in total. The molecule has 2 aromatic rings. The first-order chi connectivity index (χ1) is 9.67. The van der Waals surface area contributed by atoms with E-state index in [1.165, 1.54) is 0 Å². The van der Waals surface area contributed by atoms with Crippen LogP contribution in [-0.2, 0) is 0 Å². The zero-order valence-electron chi connectivity index (χ0n) is 11.7. The molecule has 2 unspecified atom stereocenters. The molecule has 3 rings (SSSR count).